The number of rotatable bonds is 3. The molecule has 20 heavy (non-hydrogen) atoms. The van der Waals surface area contributed by atoms with Crippen molar-refractivity contribution in [2.24, 2.45) is 0 Å². The minimum atomic E-state index is 0.00339. The Morgan fingerprint density at radius 3 is 2.45 bits per heavy atom. The molecule has 0 amide bonds. The number of Topliss-reactive ketones (excluding diaryl/α,β-unsaturated/α-hetero) is 1. The zero-order chi connectivity index (χ0) is 13.8. The van der Waals surface area contributed by atoms with Crippen molar-refractivity contribution in [3.05, 3.63) is 60.2 Å². The summed E-state index contributed by atoms with van der Waals surface area (Å²) in [6, 6.07) is 17.6. The molecule has 1 saturated carbocycles. The monoisotopic (exact) mass is 266 g/mol. The third-order valence-corrected chi connectivity index (χ3v) is 3.82. The largest absolute Gasteiger partial charge is 0.457 e. The molecule has 0 N–H and O–H groups in total. The Morgan fingerprint density at radius 1 is 0.900 bits per heavy atom. The maximum atomic E-state index is 12.1. The van der Waals surface area contributed by atoms with Crippen LogP contribution in [-0.4, -0.2) is 5.78 Å². The number of ether oxygens (including phenoxy) is 1. The molecular formula is C18H18O2. The van der Waals surface area contributed by atoms with Crippen LogP contribution in [0.3, 0.4) is 0 Å². The molecule has 0 bridgehead atoms. The fourth-order valence-corrected chi connectivity index (χ4v) is 2.79. The number of para-hydroxylation sites is 2. The van der Waals surface area contributed by atoms with E-state index in [1.54, 1.807) is 0 Å². The molecule has 1 aliphatic carbocycles. The van der Waals surface area contributed by atoms with Gasteiger partial charge in [-0.1, -0.05) is 42.8 Å². The minimum Gasteiger partial charge on any atom is -0.457 e. The standard InChI is InChI=1S/C18H18O2/c19-17-12-6-4-10-15(17)16-11-5-7-13-18(16)20-14-8-2-1-3-9-14/h1-3,5,7-9,11,13,15H,4,6,10,12H2. The Morgan fingerprint density at radius 2 is 1.65 bits per heavy atom. The Labute approximate surface area is 119 Å². The fraction of sp³-hybridized carbons (Fsp3) is 0.278. The van der Waals surface area contributed by atoms with E-state index in [0.717, 1.165) is 36.3 Å². The lowest BCUT2D eigenvalue weighted by Gasteiger charge is -2.23. The van der Waals surface area contributed by atoms with E-state index in [4.69, 9.17) is 4.74 Å². The van der Waals surface area contributed by atoms with Crippen LogP contribution in [0, 0.1) is 0 Å². The first-order valence-corrected chi connectivity index (χ1v) is 7.19. The number of hydrogen-bond donors (Lipinski definition) is 0. The van der Waals surface area contributed by atoms with Crippen LogP contribution in [0.1, 0.15) is 37.2 Å². The van der Waals surface area contributed by atoms with Crippen molar-refractivity contribution in [2.45, 2.75) is 31.6 Å². The van der Waals surface area contributed by atoms with Gasteiger partial charge in [-0.05, 0) is 31.0 Å². The average molecular weight is 266 g/mol. The second kappa shape index (κ2) is 5.91. The molecule has 0 aliphatic heterocycles. The molecule has 1 atom stereocenters. The van der Waals surface area contributed by atoms with Gasteiger partial charge in [0.25, 0.3) is 0 Å². The van der Waals surface area contributed by atoms with Crippen LogP contribution in [0.4, 0.5) is 0 Å². The summed E-state index contributed by atoms with van der Waals surface area (Å²) in [4.78, 5) is 12.1. The van der Waals surface area contributed by atoms with Crippen molar-refractivity contribution in [1.82, 2.24) is 0 Å². The summed E-state index contributed by atoms with van der Waals surface area (Å²) in [6.07, 6.45) is 3.78. The maximum Gasteiger partial charge on any atom is 0.140 e. The SMILES string of the molecule is O=C1CCCCC1c1ccccc1Oc1ccccc1. The highest BCUT2D eigenvalue weighted by atomic mass is 16.5. The highest BCUT2D eigenvalue weighted by Crippen LogP contribution is 2.36. The summed E-state index contributed by atoms with van der Waals surface area (Å²) in [7, 11) is 0. The molecule has 2 nitrogen and oxygen atoms in total. The van der Waals surface area contributed by atoms with E-state index in [0.29, 0.717) is 12.2 Å². The molecule has 1 fully saturated rings. The first-order chi connectivity index (χ1) is 9.84. The summed E-state index contributed by atoms with van der Waals surface area (Å²) in [5.74, 6) is 1.96. The molecule has 3 rings (SSSR count). The van der Waals surface area contributed by atoms with Gasteiger partial charge in [-0.15, -0.1) is 0 Å². The number of ketones is 1. The molecule has 0 saturated heterocycles. The van der Waals surface area contributed by atoms with E-state index in [9.17, 15) is 4.79 Å². The van der Waals surface area contributed by atoms with Gasteiger partial charge in [-0.25, -0.2) is 0 Å². The van der Waals surface area contributed by atoms with Gasteiger partial charge < -0.3 is 4.74 Å². The van der Waals surface area contributed by atoms with Crippen molar-refractivity contribution < 1.29 is 9.53 Å². The molecule has 0 aromatic heterocycles. The first kappa shape index (κ1) is 12.9. The van der Waals surface area contributed by atoms with Crippen molar-refractivity contribution in [3.8, 4) is 11.5 Å². The summed E-state index contributed by atoms with van der Waals surface area (Å²) < 4.78 is 5.96. The number of hydrogen-bond acceptors (Lipinski definition) is 2. The van der Waals surface area contributed by atoms with Crippen LogP contribution < -0.4 is 4.74 Å². The van der Waals surface area contributed by atoms with Crippen LogP contribution in [0.5, 0.6) is 11.5 Å². The van der Waals surface area contributed by atoms with Crippen LogP contribution in [-0.2, 0) is 4.79 Å². The molecule has 2 heteroatoms. The predicted octanol–water partition coefficient (Wildman–Crippen LogP) is 4.71. The van der Waals surface area contributed by atoms with Crippen molar-refractivity contribution >= 4 is 5.78 Å². The van der Waals surface area contributed by atoms with Gasteiger partial charge in [0.05, 0.1) is 0 Å². The van der Waals surface area contributed by atoms with Crippen LogP contribution in [0.25, 0.3) is 0 Å². The summed E-state index contributed by atoms with van der Waals surface area (Å²) in [5.41, 5.74) is 1.03. The topological polar surface area (TPSA) is 26.3 Å². The molecule has 0 spiro atoms. The lowest BCUT2D eigenvalue weighted by molar-refractivity contribution is -0.121. The van der Waals surface area contributed by atoms with Gasteiger partial charge in [0.1, 0.15) is 17.3 Å². The molecule has 0 heterocycles. The lowest BCUT2D eigenvalue weighted by Crippen LogP contribution is -2.17. The second-order valence-electron chi connectivity index (χ2n) is 5.22. The van der Waals surface area contributed by atoms with E-state index in [1.165, 1.54) is 0 Å². The summed E-state index contributed by atoms with van der Waals surface area (Å²) in [6.45, 7) is 0. The number of carbonyl (C=O) groups is 1. The normalized spacial score (nSPS) is 18.8. The van der Waals surface area contributed by atoms with Gasteiger partial charge in [-0.3, -0.25) is 4.79 Å². The fourth-order valence-electron chi connectivity index (χ4n) is 2.79. The third-order valence-electron chi connectivity index (χ3n) is 3.82. The zero-order valence-electron chi connectivity index (χ0n) is 11.4. The van der Waals surface area contributed by atoms with Crippen LogP contribution in [0.2, 0.25) is 0 Å². The summed E-state index contributed by atoms with van der Waals surface area (Å²) in [5, 5.41) is 0. The Balaban J connectivity index is 1.90. The highest BCUT2D eigenvalue weighted by Gasteiger charge is 2.26. The average Bonchev–Trinajstić information content (AvgIpc) is 2.50. The van der Waals surface area contributed by atoms with Gasteiger partial charge in [0, 0.05) is 17.9 Å². The van der Waals surface area contributed by atoms with Gasteiger partial charge in [-0.2, -0.15) is 0 Å². The highest BCUT2D eigenvalue weighted by molar-refractivity contribution is 5.87. The van der Waals surface area contributed by atoms with Gasteiger partial charge >= 0.3 is 0 Å². The molecule has 2 aromatic rings. The van der Waals surface area contributed by atoms with Crippen LogP contribution >= 0.6 is 0 Å². The molecule has 0 radical (unpaired) electrons. The van der Waals surface area contributed by atoms with Gasteiger partial charge in [0.2, 0.25) is 0 Å². The van der Waals surface area contributed by atoms with E-state index in [1.807, 2.05) is 54.6 Å². The second-order valence-corrected chi connectivity index (χ2v) is 5.22. The van der Waals surface area contributed by atoms with Crippen LogP contribution in [0.15, 0.2) is 54.6 Å². The third kappa shape index (κ3) is 2.74. The number of benzene rings is 2. The lowest BCUT2D eigenvalue weighted by atomic mass is 9.82. The maximum absolute atomic E-state index is 12.1. The van der Waals surface area contributed by atoms with E-state index < -0.39 is 0 Å². The van der Waals surface area contributed by atoms with E-state index in [-0.39, 0.29) is 5.92 Å². The van der Waals surface area contributed by atoms with E-state index in [2.05, 4.69) is 0 Å². The molecular weight excluding hydrogens is 248 g/mol. The Kier molecular flexibility index (Phi) is 3.82. The zero-order valence-corrected chi connectivity index (χ0v) is 11.4. The molecule has 102 valence electrons. The van der Waals surface area contributed by atoms with E-state index >= 15 is 0 Å². The predicted molar refractivity (Wildman–Crippen MR) is 79.2 cm³/mol. The quantitative estimate of drug-likeness (QED) is 0.804. The first-order valence-electron chi connectivity index (χ1n) is 7.19. The summed E-state index contributed by atoms with van der Waals surface area (Å²) >= 11 is 0. The van der Waals surface area contributed by atoms with Gasteiger partial charge in [0.15, 0.2) is 0 Å². The smallest absolute Gasteiger partial charge is 0.140 e. The minimum absolute atomic E-state index is 0.00339. The van der Waals surface area contributed by atoms with Crippen molar-refractivity contribution in [1.29, 1.82) is 0 Å². The molecule has 1 unspecified atom stereocenters. The Hall–Kier alpha value is -2.09. The van der Waals surface area contributed by atoms with Crippen molar-refractivity contribution in [3.63, 3.8) is 0 Å². The van der Waals surface area contributed by atoms with Crippen molar-refractivity contribution in [2.75, 3.05) is 0 Å². The number of carbonyl (C=O) groups excluding carboxylic acids is 1. The molecule has 1 aliphatic rings. The molecule has 2 aromatic carbocycles. The Bertz CT molecular complexity index is 589.